The number of nitrogens with zero attached hydrogens (tertiary/aromatic N) is 2. The Kier molecular flexibility index (Phi) is 10.1. The van der Waals surface area contributed by atoms with Crippen molar-refractivity contribution in [2.45, 2.75) is 20.3 Å². The van der Waals surface area contributed by atoms with E-state index in [0.717, 1.165) is 27.8 Å². The van der Waals surface area contributed by atoms with Gasteiger partial charge in [0, 0.05) is 30.9 Å². The highest BCUT2D eigenvalue weighted by Gasteiger charge is 2.25. The highest BCUT2D eigenvalue weighted by molar-refractivity contribution is 6.05. The molecule has 7 rings (SSSR count). The SMILES string of the molecule is C/C=C\N=C/CN/C(=N\C)c1cc(-c2cc(C3=C4C=CC=CC4C(C)C=C3)cc(-c3cccc4ccccc34)c2)ccc1C1=C(F)C=CC=CC1. The molecule has 4 aromatic rings. The lowest BCUT2D eigenvalue weighted by Gasteiger charge is -2.28. The molecule has 252 valence electrons. The largest absolute Gasteiger partial charge is 0.365 e. The lowest BCUT2D eigenvalue weighted by Crippen LogP contribution is -2.27. The van der Waals surface area contributed by atoms with Gasteiger partial charge in [-0.3, -0.25) is 9.98 Å². The summed E-state index contributed by atoms with van der Waals surface area (Å²) < 4.78 is 15.6. The zero-order valence-electron chi connectivity index (χ0n) is 29.4. The molecule has 0 saturated carbocycles. The maximum Gasteiger partial charge on any atom is 0.128 e. The number of hydrogen-bond donors (Lipinski definition) is 1. The first-order chi connectivity index (χ1) is 25.1. The molecule has 0 spiro atoms. The summed E-state index contributed by atoms with van der Waals surface area (Å²) in [6.45, 7) is 4.70. The van der Waals surface area contributed by atoms with Gasteiger partial charge in [0.05, 0.1) is 6.54 Å². The van der Waals surface area contributed by atoms with E-state index >= 15 is 4.39 Å². The number of aliphatic imine (C=N–C) groups is 2. The van der Waals surface area contributed by atoms with Crippen molar-refractivity contribution >= 4 is 34.0 Å². The summed E-state index contributed by atoms with van der Waals surface area (Å²) in [7, 11) is 1.77. The summed E-state index contributed by atoms with van der Waals surface area (Å²) in [5, 5.41) is 5.86. The number of hydrogen-bond acceptors (Lipinski definition) is 2. The van der Waals surface area contributed by atoms with Crippen LogP contribution in [0.25, 0.3) is 44.2 Å². The summed E-state index contributed by atoms with van der Waals surface area (Å²) in [6.07, 6.45) is 26.6. The lowest BCUT2D eigenvalue weighted by molar-refractivity contribution is 0.585. The van der Waals surface area contributed by atoms with Gasteiger partial charge in [0.2, 0.25) is 0 Å². The number of benzene rings is 4. The Labute approximate surface area is 300 Å². The molecule has 3 aliphatic rings. The molecule has 3 aliphatic carbocycles. The number of amidine groups is 1. The minimum Gasteiger partial charge on any atom is -0.365 e. The van der Waals surface area contributed by atoms with E-state index in [2.05, 4.69) is 131 Å². The minimum absolute atomic E-state index is 0.241. The Morgan fingerprint density at radius 3 is 2.53 bits per heavy atom. The molecule has 2 atom stereocenters. The molecule has 0 radical (unpaired) electrons. The maximum absolute atomic E-state index is 15.6. The highest BCUT2D eigenvalue weighted by Crippen LogP contribution is 2.42. The van der Waals surface area contributed by atoms with Crippen molar-refractivity contribution in [2.75, 3.05) is 13.6 Å². The van der Waals surface area contributed by atoms with Crippen LogP contribution in [0, 0.1) is 11.8 Å². The summed E-state index contributed by atoms with van der Waals surface area (Å²) in [4.78, 5) is 8.98. The van der Waals surface area contributed by atoms with Crippen molar-refractivity contribution in [2.24, 2.45) is 21.8 Å². The standard InChI is InChI=1S/C47H42FN3/c1-4-25-50-26-27-51-47(49-3)45-31-34(22-24-43(45)44-18-6-5-7-20-46(44)48)35-28-36(40-19-12-14-33-13-8-9-16-39(33)40)30-37(29-35)41-23-21-32(2)38-15-10-11-17-42(38)41/h4-17,19-26,28-32,38H,18,27H2,1-3H3,(H,49,51)/b25-4-,50-26-. The van der Waals surface area contributed by atoms with Crippen LogP contribution in [0.15, 0.2) is 173 Å². The molecular weight excluding hydrogens is 626 g/mol. The third kappa shape index (κ3) is 7.09. The van der Waals surface area contributed by atoms with E-state index in [0.29, 0.717) is 36.2 Å². The van der Waals surface area contributed by atoms with Crippen LogP contribution in [0.4, 0.5) is 4.39 Å². The molecule has 3 nitrogen and oxygen atoms in total. The Bertz CT molecular complexity index is 2280. The molecule has 0 heterocycles. The molecule has 4 heteroatoms. The monoisotopic (exact) mass is 667 g/mol. The van der Waals surface area contributed by atoms with Crippen LogP contribution in [0.1, 0.15) is 37.0 Å². The average Bonchev–Trinajstić information content (AvgIpc) is 3.39. The highest BCUT2D eigenvalue weighted by atomic mass is 19.1. The number of halogens is 1. The van der Waals surface area contributed by atoms with Crippen LogP contribution in [0.5, 0.6) is 0 Å². The van der Waals surface area contributed by atoms with Crippen LogP contribution in [-0.2, 0) is 0 Å². The van der Waals surface area contributed by atoms with Gasteiger partial charge >= 0.3 is 0 Å². The third-order valence-electron chi connectivity index (χ3n) is 9.81. The predicted octanol–water partition coefficient (Wildman–Crippen LogP) is 11.6. The van der Waals surface area contributed by atoms with Crippen molar-refractivity contribution in [3.8, 4) is 22.3 Å². The number of nitrogens with one attached hydrogen (secondary N) is 1. The molecule has 51 heavy (non-hydrogen) atoms. The molecule has 1 N–H and O–H groups in total. The lowest BCUT2D eigenvalue weighted by atomic mass is 9.76. The topological polar surface area (TPSA) is 36.8 Å². The summed E-state index contributed by atoms with van der Waals surface area (Å²) >= 11 is 0. The first-order valence-electron chi connectivity index (χ1n) is 17.7. The molecule has 0 aliphatic heterocycles. The van der Waals surface area contributed by atoms with Crippen molar-refractivity contribution < 1.29 is 4.39 Å². The number of rotatable bonds is 8. The number of allylic oxidation sites excluding steroid dienone is 15. The normalized spacial score (nSPS) is 18.8. The van der Waals surface area contributed by atoms with Gasteiger partial charge in [0.1, 0.15) is 11.7 Å². The van der Waals surface area contributed by atoms with E-state index < -0.39 is 0 Å². The Morgan fingerprint density at radius 1 is 0.824 bits per heavy atom. The molecule has 0 fully saturated rings. The predicted molar refractivity (Wildman–Crippen MR) is 217 cm³/mol. The third-order valence-corrected chi connectivity index (χ3v) is 9.81. The van der Waals surface area contributed by atoms with Gasteiger partial charge < -0.3 is 5.32 Å². The molecule has 0 bridgehead atoms. The molecule has 0 aromatic heterocycles. The fourth-order valence-corrected chi connectivity index (χ4v) is 7.26. The van der Waals surface area contributed by atoms with Crippen LogP contribution in [-0.4, -0.2) is 25.6 Å². The van der Waals surface area contributed by atoms with Crippen molar-refractivity contribution in [3.05, 3.63) is 180 Å². The van der Waals surface area contributed by atoms with Gasteiger partial charge in [-0.1, -0.05) is 122 Å². The summed E-state index contributed by atoms with van der Waals surface area (Å²) in [5.74, 6) is 1.20. The first kappa shape index (κ1) is 33.6. The van der Waals surface area contributed by atoms with Gasteiger partial charge in [-0.05, 0) is 110 Å². The van der Waals surface area contributed by atoms with Crippen molar-refractivity contribution in [3.63, 3.8) is 0 Å². The first-order valence-corrected chi connectivity index (χ1v) is 17.7. The van der Waals surface area contributed by atoms with Gasteiger partial charge in [-0.25, -0.2) is 4.39 Å². The Morgan fingerprint density at radius 2 is 1.65 bits per heavy atom. The van der Waals surface area contributed by atoms with Crippen LogP contribution < -0.4 is 5.32 Å². The van der Waals surface area contributed by atoms with E-state index in [-0.39, 0.29) is 5.83 Å². The van der Waals surface area contributed by atoms with E-state index in [1.807, 2.05) is 31.2 Å². The van der Waals surface area contributed by atoms with Crippen molar-refractivity contribution in [1.29, 1.82) is 0 Å². The Balaban J connectivity index is 1.43. The van der Waals surface area contributed by atoms with Crippen LogP contribution in [0.2, 0.25) is 0 Å². The second-order valence-electron chi connectivity index (χ2n) is 13.0. The second kappa shape index (κ2) is 15.3. The van der Waals surface area contributed by atoms with Crippen LogP contribution >= 0.6 is 0 Å². The number of fused-ring (bicyclic) bond motifs is 2. The summed E-state index contributed by atoms with van der Waals surface area (Å²) in [5.41, 5.74) is 10.5. The average molecular weight is 668 g/mol. The maximum atomic E-state index is 15.6. The van der Waals surface area contributed by atoms with Gasteiger partial charge in [-0.15, -0.1) is 0 Å². The molecule has 2 unspecified atom stereocenters. The Hall–Kier alpha value is -5.87. The zero-order valence-corrected chi connectivity index (χ0v) is 29.4. The molecular formula is C47H42FN3. The van der Waals surface area contributed by atoms with Gasteiger partial charge in [0.15, 0.2) is 0 Å². The van der Waals surface area contributed by atoms with Crippen LogP contribution in [0.3, 0.4) is 0 Å². The fourth-order valence-electron chi connectivity index (χ4n) is 7.26. The van der Waals surface area contributed by atoms with Gasteiger partial charge in [0.25, 0.3) is 0 Å². The molecule has 0 saturated heterocycles. The smallest absolute Gasteiger partial charge is 0.128 e. The summed E-state index contributed by atoms with van der Waals surface area (Å²) in [6, 6.07) is 28.3. The van der Waals surface area contributed by atoms with E-state index in [1.54, 1.807) is 25.5 Å². The minimum atomic E-state index is -0.241. The van der Waals surface area contributed by atoms with E-state index in [9.17, 15) is 0 Å². The van der Waals surface area contributed by atoms with E-state index in [4.69, 9.17) is 0 Å². The zero-order chi connectivity index (χ0) is 35.2. The van der Waals surface area contributed by atoms with Gasteiger partial charge in [-0.2, -0.15) is 0 Å². The molecule has 0 amide bonds. The molecule has 4 aromatic carbocycles. The quantitative estimate of drug-likeness (QED) is 0.147. The van der Waals surface area contributed by atoms with E-state index in [1.165, 1.54) is 39.1 Å². The van der Waals surface area contributed by atoms with Crippen molar-refractivity contribution in [1.82, 2.24) is 5.32 Å². The fraction of sp³-hybridized carbons (Fsp3) is 0.149. The second-order valence-corrected chi connectivity index (χ2v) is 13.0.